The second kappa shape index (κ2) is 5.12. The van der Waals surface area contributed by atoms with Crippen molar-refractivity contribution in [3.63, 3.8) is 0 Å². The number of rotatable bonds is 5. The average molecular weight is 295 g/mol. The van der Waals surface area contributed by atoms with Crippen molar-refractivity contribution in [3.05, 3.63) is 10.6 Å². The van der Waals surface area contributed by atoms with Crippen molar-refractivity contribution in [1.29, 1.82) is 0 Å². The molecule has 0 aromatic carbocycles. The molecular formula is C10H15ClN2O2S2. The van der Waals surface area contributed by atoms with Crippen molar-refractivity contribution in [2.45, 2.75) is 26.2 Å². The normalized spacial score (nSPS) is 16.8. The van der Waals surface area contributed by atoms with E-state index in [2.05, 4.69) is 9.71 Å². The average Bonchev–Trinajstić information content (AvgIpc) is 2.75. The molecule has 1 N–H and O–H groups in total. The first-order valence-electron chi connectivity index (χ1n) is 5.55. The van der Waals surface area contributed by atoms with Crippen LogP contribution < -0.4 is 4.72 Å². The molecule has 7 heteroatoms. The Hall–Kier alpha value is -0.330. The summed E-state index contributed by atoms with van der Waals surface area (Å²) in [6.07, 6.45) is 3.11. The van der Waals surface area contributed by atoms with Gasteiger partial charge in [-0.05, 0) is 25.2 Å². The van der Waals surface area contributed by atoms with Gasteiger partial charge in [0.25, 0.3) is 0 Å². The van der Waals surface area contributed by atoms with Crippen molar-refractivity contribution in [3.8, 4) is 0 Å². The number of alkyl halides is 1. The molecule has 1 heterocycles. The number of thiazole rings is 1. The number of hydrogen-bond donors (Lipinski definition) is 1. The summed E-state index contributed by atoms with van der Waals surface area (Å²) in [4.78, 5) is 5.52. The Balaban J connectivity index is 2.04. The Morgan fingerprint density at radius 2 is 2.29 bits per heavy atom. The third-order valence-corrected chi connectivity index (χ3v) is 5.85. The zero-order valence-electron chi connectivity index (χ0n) is 9.57. The van der Waals surface area contributed by atoms with Gasteiger partial charge >= 0.3 is 0 Å². The van der Waals surface area contributed by atoms with Gasteiger partial charge in [-0.3, -0.25) is 4.72 Å². The molecule has 4 nitrogen and oxygen atoms in total. The number of fused-ring (bicyclic) bond motifs is 1. The van der Waals surface area contributed by atoms with Crippen LogP contribution in [-0.4, -0.2) is 25.0 Å². The van der Waals surface area contributed by atoms with Gasteiger partial charge in [-0.2, -0.15) is 0 Å². The number of sulfonamides is 1. The van der Waals surface area contributed by atoms with E-state index in [1.54, 1.807) is 0 Å². The van der Waals surface area contributed by atoms with E-state index in [0.29, 0.717) is 11.0 Å². The van der Waals surface area contributed by atoms with E-state index in [1.165, 1.54) is 16.2 Å². The molecule has 1 unspecified atom stereocenters. The maximum absolute atomic E-state index is 11.8. The van der Waals surface area contributed by atoms with Gasteiger partial charge in [0.1, 0.15) is 0 Å². The van der Waals surface area contributed by atoms with Gasteiger partial charge in [-0.15, -0.1) is 22.9 Å². The van der Waals surface area contributed by atoms with E-state index >= 15 is 0 Å². The Morgan fingerprint density at radius 3 is 2.94 bits per heavy atom. The zero-order valence-corrected chi connectivity index (χ0v) is 12.0. The number of anilines is 1. The summed E-state index contributed by atoms with van der Waals surface area (Å²) < 4.78 is 26.1. The van der Waals surface area contributed by atoms with E-state index in [1.807, 2.05) is 6.92 Å². The van der Waals surface area contributed by atoms with E-state index in [0.717, 1.165) is 25.0 Å². The van der Waals surface area contributed by atoms with Crippen molar-refractivity contribution in [1.82, 2.24) is 4.98 Å². The van der Waals surface area contributed by atoms with Gasteiger partial charge in [0, 0.05) is 10.8 Å². The number of nitrogens with zero attached hydrogens (tertiary/aromatic N) is 1. The summed E-state index contributed by atoms with van der Waals surface area (Å²) in [5.41, 5.74) is 1.05. The Bertz CT molecular complexity index is 477. The molecule has 1 atom stereocenters. The fourth-order valence-electron chi connectivity index (χ4n) is 1.83. The molecule has 0 fully saturated rings. The molecule has 2 rings (SSSR count). The highest BCUT2D eigenvalue weighted by Gasteiger charge is 2.21. The molecule has 0 saturated carbocycles. The highest BCUT2D eigenvalue weighted by molar-refractivity contribution is 7.92. The minimum absolute atomic E-state index is 0.0424. The molecule has 0 spiro atoms. The molecule has 1 aromatic rings. The smallest absolute Gasteiger partial charge is 0.234 e. The van der Waals surface area contributed by atoms with Gasteiger partial charge in [0.2, 0.25) is 10.0 Å². The van der Waals surface area contributed by atoms with Gasteiger partial charge in [-0.1, -0.05) is 6.92 Å². The standard InChI is InChI=1S/C10H15ClN2O2S2/c1-7(5-11)6-17(14,15)13-10-12-8-3-2-4-9(8)16-10/h7H,2-6H2,1H3,(H,12,13). The molecule has 1 aromatic heterocycles. The van der Waals surface area contributed by atoms with Crippen LogP contribution in [0.5, 0.6) is 0 Å². The molecule has 0 aliphatic heterocycles. The molecule has 17 heavy (non-hydrogen) atoms. The Morgan fingerprint density at radius 1 is 1.53 bits per heavy atom. The molecule has 0 amide bonds. The third-order valence-electron chi connectivity index (χ3n) is 2.61. The monoisotopic (exact) mass is 294 g/mol. The Labute approximate surface area is 110 Å². The van der Waals surface area contributed by atoms with Crippen molar-refractivity contribution in [2.75, 3.05) is 16.4 Å². The number of aromatic nitrogens is 1. The predicted molar refractivity (Wildman–Crippen MR) is 71.4 cm³/mol. The summed E-state index contributed by atoms with van der Waals surface area (Å²) in [5, 5.41) is 0.497. The van der Waals surface area contributed by atoms with E-state index in [4.69, 9.17) is 11.6 Å². The van der Waals surface area contributed by atoms with Crippen LogP contribution in [0.25, 0.3) is 0 Å². The molecular weight excluding hydrogens is 280 g/mol. The SMILES string of the molecule is CC(CCl)CS(=O)(=O)Nc1nc2c(s1)CCC2. The van der Waals surface area contributed by atoms with Gasteiger partial charge in [-0.25, -0.2) is 13.4 Å². The summed E-state index contributed by atoms with van der Waals surface area (Å²) in [6.45, 7) is 1.81. The fourth-order valence-corrected chi connectivity index (χ4v) is 4.78. The van der Waals surface area contributed by atoms with Crippen LogP contribution in [-0.2, 0) is 22.9 Å². The number of aryl methyl sites for hydroxylation is 2. The highest BCUT2D eigenvalue weighted by atomic mass is 35.5. The highest BCUT2D eigenvalue weighted by Crippen LogP contribution is 2.30. The molecule has 1 aliphatic carbocycles. The summed E-state index contributed by atoms with van der Waals surface area (Å²) in [5.74, 6) is 0.330. The fraction of sp³-hybridized carbons (Fsp3) is 0.700. The first-order valence-corrected chi connectivity index (χ1v) is 8.55. The minimum atomic E-state index is -3.32. The summed E-state index contributed by atoms with van der Waals surface area (Å²) in [6, 6.07) is 0. The quantitative estimate of drug-likeness (QED) is 0.847. The maximum Gasteiger partial charge on any atom is 0.234 e. The minimum Gasteiger partial charge on any atom is -0.259 e. The number of halogens is 1. The van der Waals surface area contributed by atoms with Gasteiger partial charge < -0.3 is 0 Å². The topological polar surface area (TPSA) is 59.1 Å². The second-order valence-corrected chi connectivity index (χ2v) is 7.54. The lowest BCUT2D eigenvalue weighted by Gasteiger charge is -2.08. The van der Waals surface area contributed by atoms with E-state index < -0.39 is 10.0 Å². The van der Waals surface area contributed by atoms with Crippen LogP contribution in [0.1, 0.15) is 23.9 Å². The van der Waals surface area contributed by atoms with Crippen LogP contribution in [0.4, 0.5) is 5.13 Å². The molecule has 0 bridgehead atoms. The molecule has 0 radical (unpaired) electrons. The Kier molecular flexibility index (Phi) is 3.95. The molecule has 96 valence electrons. The lowest BCUT2D eigenvalue weighted by atomic mass is 10.3. The first kappa shape index (κ1) is 13.1. The van der Waals surface area contributed by atoms with E-state index in [-0.39, 0.29) is 11.7 Å². The number of hydrogen-bond acceptors (Lipinski definition) is 4. The summed E-state index contributed by atoms with van der Waals surface area (Å²) >= 11 is 7.07. The van der Waals surface area contributed by atoms with Crippen molar-refractivity contribution in [2.24, 2.45) is 5.92 Å². The maximum atomic E-state index is 11.8. The lowest BCUT2D eigenvalue weighted by Crippen LogP contribution is -2.22. The van der Waals surface area contributed by atoms with Crippen LogP contribution in [0.3, 0.4) is 0 Å². The van der Waals surface area contributed by atoms with Gasteiger partial charge in [0.05, 0.1) is 11.4 Å². The zero-order chi connectivity index (χ0) is 12.5. The van der Waals surface area contributed by atoms with Crippen LogP contribution in [0.2, 0.25) is 0 Å². The van der Waals surface area contributed by atoms with Crippen LogP contribution >= 0.6 is 22.9 Å². The lowest BCUT2D eigenvalue weighted by molar-refractivity contribution is 0.588. The molecule has 1 aliphatic rings. The largest absolute Gasteiger partial charge is 0.259 e. The van der Waals surface area contributed by atoms with Crippen molar-refractivity contribution < 1.29 is 8.42 Å². The predicted octanol–water partition coefficient (Wildman–Crippen LogP) is 2.25. The summed E-state index contributed by atoms with van der Waals surface area (Å²) in [7, 11) is -3.32. The first-order chi connectivity index (χ1) is 8.00. The van der Waals surface area contributed by atoms with E-state index in [9.17, 15) is 8.42 Å². The van der Waals surface area contributed by atoms with Gasteiger partial charge in [0.15, 0.2) is 5.13 Å². The van der Waals surface area contributed by atoms with Crippen LogP contribution in [0, 0.1) is 5.92 Å². The second-order valence-electron chi connectivity index (χ2n) is 4.39. The van der Waals surface area contributed by atoms with Crippen molar-refractivity contribution >= 4 is 38.1 Å². The number of nitrogens with one attached hydrogen (secondary N) is 1. The van der Waals surface area contributed by atoms with Crippen LogP contribution in [0.15, 0.2) is 0 Å². The third kappa shape index (κ3) is 3.33. The molecule has 0 saturated heterocycles.